The second-order valence-corrected chi connectivity index (χ2v) is 9.00. The molecule has 8 heteroatoms. The van der Waals surface area contributed by atoms with Crippen molar-refractivity contribution in [3.63, 3.8) is 0 Å². The maximum atomic E-state index is 12.2. The lowest BCUT2D eigenvalue weighted by molar-refractivity contribution is 1.04. The normalized spacial score (nSPS) is 11.5. The van der Waals surface area contributed by atoms with E-state index in [-0.39, 0.29) is 5.56 Å². The number of nitrogens with zero attached hydrogens (tertiary/aromatic N) is 4. The van der Waals surface area contributed by atoms with Crippen LogP contribution in [0.3, 0.4) is 0 Å². The molecule has 0 saturated heterocycles. The van der Waals surface area contributed by atoms with Crippen molar-refractivity contribution in [1.82, 2.24) is 19.4 Å². The summed E-state index contributed by atoms with van der Waals surface area (Å²) in [6, 6.07) is 10.1. The summed E-state index contributed by atoms with van der Waals surface area (Å²) in [7, 11) is 0. The quantitative estimate of drug-likeness (QED) is 0.300. The summed E-state index contributed by atoms with van der Waals surface area (Å²) in [6.07, 6.45) is 3.35. The van der Waals surface area contributed by atoms with Crippen molar-refractivity contribution in [3.8, 4) is 11.1 Å². The van der Waals surface area contributed by atoms with Crippen molar-refractivity contribution in [2.45, 2.75) is 17.7 Å². The molecule has 28 heavy (non-hydrogen) atoms. The molecule has 0 amide bonds. The van der Waals surface area contributed by atoms with E-state index in [1.807, 2.05) is 5.38 Å². The maximum absolute atomic E-state index is 12.2. The van der Waals surface area contributed by atoms with Gasteiger partial charge in [-0.2, -0.15) is 0 Å². The fourth-order valence-corrected chi connectivity index (χ4v) is 5.63. The van der Waals surface area contributed by atoms with Crippen molar-refractivity contribution in [2.75, 3.05) is 0 Å². The number of aryl methyl sites for hydroxylation is 1. The molecule has 5 rings (SSSR count). The molecular weight excluding hydrogens is 408 g/mol. The summed E-state index contributed by atoms with van der Waals surface area (Å²) in [5.41, 5.74) is 4.24. The first-order valence-corrected chi connectivity index (χ1v) is 11.3. The van der Waals surface area contributed by atoms with Crippen molar-refractivity contribution >= 4 is 49.6 Å². The van der Waals surface area contributed by atoms with Crippen molar-refractivity contribution in [2.24, 2.45) is 0 Å². The lowest BCUT2D eigenvalue weighted by atomic mass is 10.1. The SMILES string of the molecule is Cc1ccc(-c2csc3ncnc(SCc4cc(=O)n5ccsc5n4)c23)cc1. The highest BCUT2D eigenvalue weighted by Gasteiger charge is 2.14. The predicted octanol–water partition coefficient (Wildman–Crippen LogP) is 5.03. The Labute approximate surface area is 172 Å². The smallest absolute Gasteiger partial charge is 0.258 e. The summed E-state index contributed by atoms with van der Waals surface area (Å²) < 4.78 is 1.57. The average Bonchev–Trinajstić information content (AvgIpc) is 3.34. The Balaban J connectivity index is 1.52. The first-order valence-electron chi connectivity index (χ1n) is 8.57. The summed E-state index contributed by atoms with van der Waals surface area (Å²) in [6.45, 7) is 2.08. The van der Waals surface area contributed by atoms with Gasteiger partial charge in [-0.05, 0) is 12.5 Å². The van der Waals surface area contributed by atoms with Crippen LogP contribution in [-0.4, -0.2) is 19.4 Å². The average molecular weight is 423 g/mol. The zero-order chi connectivity index (χ0) is 19.1. The van der Waals surface area contributed by atoms with Gasteiger partial charge in [-0.15, -0.1) is 22.7 Å². The van der Waals surface area contributed by atoms with Crippen LogP contribution in [0.25, 0.3) is 26.3 Å². The molecule has 5 aromatic rings. The van der Waals surface area contributed by atoms with E-state index in [1.165, 1.54) is 16.9 Å². The number of rotatable bonds is 4. The molecule has 0 aliphatic rings. The van der Waals surface area contributed by atoms with Crippen LogP contribution in [-0.2, 0) is 5.75 Å². The standard InChI is InChI=1S/C20H14N4OS3/c1-12-2-4-13(5-3-12)15-10-28-19-17(15)18(21-11-22-19)27-9-14-8-16(25)24-6-7-26-20(24)23-14/h2-8,10-11H,9H2,1H3. The molecule has 0 radical (unpaired) electrons. The molecule has 0 fully saturated rings. The number of fused-ring (bicyclic) bond motifs is 2. The number of thioether (sulfide) groups is 1. The number of hydrogen-bond donors (Lipinski definition) is 0. The Hall–Kier alpha value is -2.55. The van der Waals surface area contributed by atoms with E-state index >= 15 is 0 Å². The monoisotopic (exact) mass is 422 g/mol. The Bertz CT molecular complexity index is 1350. The zero-order valence-corrected chi connectivity index (χ0v) is 17.3. The Morgan fingerprint density at radius 2 is 2.00 bits per heavy atom. The van der Waals surface area contributed by atoms with Crippen LogP contribution in [0, 0.1) is 6.92 Å². The Kier molecular flexibility index (Phi) is 4.46. The van der Waals surface area contributed by atoms with Gasteiger partial charge in [0.05, 0.1) is 11.1 Å². The molecule has 4 heterocycles. The van der Waals surface area contributed by atoms with Crippen LogP contribution in [0.2, 0.25) is 0 Å². The molecule has 138 valence electrons. The van der Waals surface area contributed by atoms with Crippen molar-refractivity contribution in [1.29, 1.82) is 0 Å². The van der Waals surface area contributed by atoms with Crippen LogP contribution in [0.5, 0.6) is 0 Å². The van der Waals surface area contributed by atoms with E-state index in [1.54, 1.807) is 46.1 Å². The van der Waals surface area contributed by atoms with Gasteiger partial charge in [0.15, 0.2) is 4.96 Å². The number of thiazole rings is 1. The number of thiophene rings is 1. The minimum absolute atomic E-state index is 0.0504. The molecule has 5 nitrogen and oxygen atoms in total. The molecule has 0 bridgehead atoms. The van der Waals surface area contributed by atoms with Gasteiger partial charge in [0.2, 0.25) is 0 Å². The topological polar surface area (TPSA) is 60.2 Å². The number of benzene rings is 1. The van der Waals surface area contributed by atoms with Crippen molar-refractivity contribution in [3.05, 3.63) is 75.2 Å². The second-order valence-electron chi connectivity index (χ2n) is 6.30. The lowest BCUT2D eigenvalue weighted by Gasteiger charge is -2.06. The number of hydrogen-bond acceptors (Lipinski definition) is 7. The highest BCUT2D eigenvalue weighted by molar-refractivity contribution is 7.98. The van der Waals surface area contributed by atoms with E-state index < -0.39 is 0 Å². The first-order chi connectivity index (χ1) is 13.7. The largest absolute Gasteiger partial charge is 0.269 e. The van der Waals surface area contributed by atoms with E-state index in [9.17, 15) is 4.79 Å². The first kappa shape index (κ1) is 17.5. The fraction of sp³-hybridized carbons (Fsp3) is 0.100. The molecule has 0 spiro atoms. The van der Waals surface area contributed by atoms with E-state index in [0.717, 1.165) is 32.1 Å². The van der Waals surface area contributed by atoms with Crippen LogP contribution in [0.4, 0.5) is 0 Å². The zero-order valence-electron chi connectivity index (χ0n) is 14.8. The van der Waals surface area contributed by atoms with Gasteiger partial charge in [-0.3, -0.25) is 9.20 Å². The lowest BCUT2D eigenvalue weighted by Crippen LogP contribution is -2.12. The van der Waals surface area contributed by atoms with Gasteiger partial charge in [-0.25, -0.2) is 15.0 Å². The van der Waals surface area contributed by atoms with E-state index in [4.69, 9.17) is 0 Å². The third-order valence-electron chi connectivity index (χ3n) is 4.41. The number of aromatic nitrogens is 4. The molecule has 0 N–H and O–H groups in total. The van der Waals surface area contributed by atoms with Gasteiger partial charge < -0.3 is 0 Å². The van der Waals surface area contributed by atoms with Crippen LogP contribution < -0.4 is 5.56 Å². The highest BCUT2D eigenvalue weighted by atomic mass is 32.2. The maximum Gasteiger partial charge on any atom is 0.258 e. The molecule has 1 aromatic carbocycles. The van der Waals surface area contributed by atoms with Crippen molar-refractivity contribution < 1.29 is 0 Å². The summed E-state index contributed by atoms with van der Waals surface area (Å²) in [5, 5.41) is 5.98. The molecule has 0 saturated carbocycles. The van der Waals surface area contributed by atoms with Crippen LogP contribution >= 0.6 is 34.4 Å². The van der Waals surface area contributed by atoms with Crippen LogP contribution in [0.15, 0.2) is 63.4 Å². The van der Waals surface area contributed by atoms with Gasteiger partial charge in [0, 0.05) is 34.3 Å². The summed E-state index contributed by atoms with van der Waals surface area (Å²) in [5.74, 6) is 0.582. The molecule has 4 aromatic heterocycles. The summed E-state index contributed by atoms with van der Waals surface area (Å²) >= 11 is 4.67. The van der Waals surface area contributed by atoms with Gasteiger partial charge in [0.25, 0.3) is 5.56 Å². The van der Waals surface area contributed by atoms with Gasteiger partial charge in [0.1, 0.15) is 16.2 Å². The molecule has 0 aliphatic heterocycles. The molecular formula is C20H14N4OS3. The van der Waals surface area contributed by atoms with E-state index in [0.29, 0.717) is 10.7 Å². The molecule has 0 aliphatic carbocycles. The molecule has 0 atom stereocenters. The van der Waals surface area contributed by atoms with Crippen LogP contribution in [0.1, 0.15) is 11.3 Å². The Morgan fingerprint density at radius 1 is 1.14 bits per heavy atom. The fourth-order valence-electron chi connectivity index (χ4n) is 3.01. The van der Waals surface area contributed by atoms with Gasteiger partial charge >= 0.3 is 0 Å². The summed E-state index contributed by atoms with van der Waals surface area (Å²) in [4.78, 5) is 27.4. The van der Waals surface area contributed by atoms with E-state index in [2.05, 4.69) is 51.5 Å². The minimum Gasteiger partial charge on any atom is -0.269 e. The minimum atomic E-state index is -0.0504. The third kappa shape index (κ3) is 3.13. The molecule has 0 unspecified atom stereocenters. The Morgan fingerprint density at radius 3 is 2.86 bits per heavy atom. The van der Waals surface area contributed by atoms with Gasteiger partial charge in [-0.1, -0.05) is 41.6 Å². The predicted molar refractivity (Wildman–Crippen MR) is 116 cm³/mol. The third-order valence-corrected chi connectivity index (χ3v) is 7.08. The second kappa shape index (κ2) is 7.12. The highest BCUT2D eigenvalue weighted by Crippen LogP contribution is 2.38.